The number of para-hydroxylation sites is 1. The summed E-state index contributed by atoms with van der Waals surface area (Å²) in [4.78, 5) is 84.4. The number of fused-ring (bicyclic) bond motifs is 3. The Bertz CT molecular complexity index is 5730. The molecule has 7 aromatic carbocycles. The zero-order valence-electron chi connectivity index (χ0n) is 63.0. The first-order valence-electron chi connectivity index (χ1n) is 37.4. The second-order valence-electron chi connectivity index (χ2n) is 27.6. The van der Waals surface area contributed by atoms with Crippen LogP contribution in [0.25, 0.3) is 52.2 Å². The van der Waals surface area contributed by atoms with E-state index in [0.29, 0.717) is 77.6 Å². The van der Waals surface area contributed by atoms with E-state index < -0.39 is 23.1 Å². The second-order valence-corrected chi connectivity index (χ2v) is 27.6. The first kappa shape index (κ1) is 80.8. The normalized spacial score (nSPS) is 14.3. The third kappa shape index (κ3) is 19.1. The molecule has 1 saturated heterocycles. The summed E-state index contributed by atoms with van der Waals surface area (Å²) in [5, 5.41) is 84.4. The number of nitrogens with zero attached hydrogens (tertiary/aromatic N) is 11. The number of carbonyl (C=O) groups excluding carboxylic acids is 2. The van der Waals surface area contributed by atoms with Crippen LogP contribution in [-0.2, 0) is 50.7 Å². The molecular weight excluding hydrogens is 1450 g/mol. The number of allylic oxidation sites excluding steroid dienone is 2. The summed E-state index contributed by atoms with van der Waals surface area (Å²) in [5.41, 5.74) is 7.89. The summed E-state index contributed by atoms with van der Waals surface area (Å²) in [5.74, 6) is -0.733. The van der Waals surface area contributed by atoms with E-state index in [1.54, 1.807) is 109 Å². The number of benzene rings is 7. The van der Waals surface area contributed by atoms with Crippen LogP contribution in [0.1, 0.15) is 140 Å². The quantitative estimate of drug-likeness (QED) is 0.00987. The molecule has 6 N–H and O–H groups in total. The van der Waals surface area contributed by atoms with E-state index in [9.17, 15) is 35.3 Å². The maximum atomic E-state index is 15.4. The number of ether oxygens (including phenoxy) is 1. The summed E-state index contributed by atoms with van der Waals surface area (Å²) in [6.45, 7) is 5.85. The first-order chi connectivity index (χ1) is 55.6. The van der Waals surface area contributed by atoms with Crippen LogP contribution in [0.5, 0.6) is 5.75 Å². The first-order valence-corrected chi connectivity index (χ1v) is 37.4. The van der Waals surface area contributed by atoms with Gasteiger partial charge in [-0.15, -0.1) is 5.10 Å². The minimum absolute atomic E-state index is 0.00292. The van der Waals surface area contributed by atoms with Gasteiger partial charge in [0.2, 0.25) is 0 Å². The van der Waals surface area contributed by atoms with Crippen molar-refractivity contribution >= 4 is 69.5 Å². The van der Waals surface area contributed by atoms with Gasteiger partial charge in [0.1, 0.15) is 43.0 Å². The van der Waals surface area contributed by atoms with E-state index in [1.165, 1.54) is 31.4 Å². The third-order valence-corrected chi connectivity index (χ3v) is 19.9. The molecule has 3 aliphatic rings. The summed E-state index contributed by atoms with van der Waals surface area (Å²) >= 11 is 0. The van der Waals surface area contributed by atoms with E-state index in [2.05, 4.69) is 58.6 Å². The van der Waals surface area contributed by atoms with Crippen molar-refractivity contribution < 1.29 is 60.0 Å². The molecule has 26 nitrogen and oxygen atoms in total. The van der Waals surface area contributed by atoms with Crippen LogP contribution in [0.15, 0.2) is 215 Å². The third-order valence-electron chi connectivity index (χ3n) is 19.9. The fourth-order valence-corrected chi connectivity index (χ4v) is 14.0. The molecule has 2 amide bonds. The zero-order valence-corrected chi connectivity index (χ0v) is 63.0. The van der Waals surface area contributed by atoms with Crippen molar-refractivity contribution in [1.82, 2.24) is 29.0 Å². The van der Waals surface area contributed by atoms with E-state index in [4.69, 9.17) is 25.6 Å². The molecule has 0 saturated carbocycles. The van der Waals surface area contributed by atoms with Crippen molar-refractivity contribution in [3.8, 4) is 29.4 Å². The number of likely N-dealkylation sites (N-methyl/N-ethyl adjacent to an activating group) is 1. The summed E-state index contributed by atoms with van der Waals surface area (Å²) < 4.78 is 9.09. The highest BCUT2D eigenvalue weighted by Gasteiger charge is 2.37. The maximum Gasteiger partial charge on any atom is 0.279 e. The number of anilines is 3. The molecule has 6 heterocycles. The molecule has 13 rings (SSSR count). The molecule has 26 heteroatoms. The highest BCUT2D eigenvalue weighted by molar-refractivity contribution is 6.01. The number of nitriles is 2. The zero-order chi connectivity index (χ0) is 80.0. The predicted octanol–water partition coefficient (Wildman–Crippen LogP) is 12.7. The lowest BCUT2D eigenvalue weighted by Gasteiger charge is -2.31. The fourth-order valence-electron chi connectivity index (χ4n) is 14.0. The molecule has 114 heavy (non-hydrogen) atoms. The fraction of sp³-hybridized carbons (Fsp3) is 0.239. The lowest BCUT2D eigenvalue weighted by Crippen LogP contribution is -2.49. The van der Waals surface area contributed by atoms with Crippen LogP contribution in [-0.4, -0.2) is 114 Å². The van der Waals surface area contributed by atoms with Crippen molar-refractivity contribution in [1.29, 1.82) is 10.5 Å². The van der Waals surface area contributed by atoms with E-state index in [1.807, 2.05) is 110 Å². The van der Waals surface area contributed by atoms with Gasteiger partial charge in [-0.3, -0.25) is 44.8 Å². The van der Waals surface area contributed by atoms with Crippen LogP contribution >= 0.6 is 0 Å². The lowest BCUT2D eigenvalue weighted by atomic mass is 9.95. The summed E-state index contributed by atoms with van der Waals surface area (Å²) in [6, 6.07) is 55.3. The molecule has 0 radical (unpaired) electrons. The van der Waals surface area contributed by atoms with Gasteiger partial charge in [0.15, 0.2) is 11.0 Å². The van der Waals surface area contributed by atoms with Gasteiger partial charge >= 0.3 is 0 Å². The number of hydrogen-bond donors (Lipinski definition) is 6. The van der Waals surface area contributed by atoms with Crippen molar-refractivity contribution in [2.24, 2.45) is 10.2 Å². The number of morpholine rings is 1. The van der Waals surface area contributed by atoms with Crippen LogP contribution in [0.2, 0.25) is 0 Å². The predicted molar refractivity (Wildman–Crippen MR) is 431 cm³/mol. The Morgan fingerprint density at radius 3 is 2.00 bits per heavy atom. The molecule has 3 aromatic heterocycles. The smallest absolute Gasteiger partial charge is 0.279 e. The van der Waals surface area contributed by atoms with Crippen LogP contribution in [0.3, 0.4) is 0 Å². The number of pyridine rings is 3. The molecule has 582 valence electrons. The van der Waals surface area contributed by atoms with Crippen LogP contribution in [0.4, 0.5) is 17.1 Å². The van der Waals surface area contributed by atoms with Gasteiger partial charge in [-0.25, -0.2) is 39.1 Å². The van der Waals surface area contributed by atoms with Crippen LogP contribution in [0, 0.1) is 22.7 Å². The number of phenolic OH excluding ortho intramolecular Hbond substituents is 1. The maximum absolute atomic E-state index is 15.4. The Labute approximate surface area is 656 Å². The van der Waals surface area contributed by atoms with Crippen LogP contribution < -0.4 is 42.7 Å². The Morgan fingerprint density at radius 1 is 0.649 bits per heavy atom. The van der Waals surface area contributed by atoms with Gasteiger partial charge in [-0.1, -0.05) is 167 Å². The molecule has 1 atom stereocenters. The van der Waals surface area contributed by atoms with Gasteiger partial charge in [-0.05, 0) is 149 Å². The number of hydrogen-bond acceptors (Lipinski definition) is 22. The van der Waals surface area contributed by atoms with E-state index in [-0.39, 0.29) is 81.9 Å². The summed E-state index contributed by atoms with van der Waals surface area (Å²) in [6.07, 6.45) is 19.7. The van der Waals surface area contributed by atoms with Gasteiger partial charge < -0.3 is 25.0 Å². The van der Waals surface area contributed by atoms with Gasteiger partial charge in [0, 0.05) is 77.9 Å². The topological polar surface area (TPSA) is 336 Å². The highest BCUT2D eigenvalue weighted by atomic mass is 17.1. The minimum Gasteiger partial charge on any atom is -0.507 e. The van der Waals surface area contributed by atoms with E-state index in [0.717, 1.165) is 102 Å². The number of nitrogens with one attached hydrogen (secondary N) is 1. The molecule has 3 aliphatic heterocycles. The second kappa shape index (κ2) is 39.0. The SMILES string of the molecule is C=CN(C)c1ccc(/C=C(/C=c2/c(C3CN(C)CCO3)c3c(n(-c4ncccc4COO)c2=O)=NN(CCCCCCCCCCCOO)C3=O)c2ccccc2)c(C#N)c1.N#Cc1c2c(n(-c3ccc4cc(COO)ccc4c3)c(=O)/c1=C/C=C/c1ccc(Nc3ccccc3)cc1O)=NN(Cc1ccc(COO)cc1)C2=O. The number of amides is 2. The summed E-state index contributed by atoms with van der Waals surface area (Å²) in [7, 11) is 3.83. The molecule has 1 fully saturated rings. The molecule has 0 aliphatic carbocycles. The van der Waals surface area contributed by atoms with Gasteiger partial charge in [0.25, 0.3) is 22.9 Å². The number of unbranched alkanes of at least 4 members (excludes halogenated alkanes) is 8. The number of rotatable bonds is 32. The standard InChI is InChI=1S/C47H55N7O7.C41H31N5O7/c1-4-52(3)39-22-21-35(38(29-39)31-48)28-37(34-18-13-12-14-19-34)30-40-42(41-32-51(2)25-27-59-41)43-45(54(46(40)55)44-36(33-61-58)20-17-23-49-44)50-53(47(43)56)24-15-10-8-6-5-7-9-11-16-26-60-57;42-22-36-35(8-4-5-29-15-17-33(21-37(29)47)43-32-6-2-1-3-7-32)40(48)46(34-18-16-30-19-28(25-53-51)13-14-31(30)20-34)39-38(36)41(49)45(44-39)23-26-9-11-27(12-10-26)24-52-50/h4,12-14,17-23,28-30,41,57-58H,1,5-11,15-16,24-27,32-33H2,2-3H3;1-21,43,47,50-51H,23-25H2/b37-28-,40-30-;5-4+,35-8+. The molecule has 0 bridgehead atoms. The largest absolute Gasteiger partial charge is 0.507 e. The number of aromatic nitrogens is 3. The van der Waals surface area contributed by atoms with Crippen molar-refractivity contribution in [2.45, 2.75) is 90.3 Å². The van der Waals surface area contributed by atoms with E-state index >= 15 is 4.79 Å². The number of aromatic hydroxyl groups is 1. The van der Waals surface area contributed by atoms with Crippen molar-refractivity contribution in [3.63, 3.8) is 0 Å². The molecule has 0 spiro atoms. The average Bonchev–Trinajstić information content (AvgIpc) is 1.52. The Balaban J connectivity index is 0.000000213. The Hall–Kier alpha value is -12.7. The average molecular weight is 1540 g/mol. The lowest BCUT2D eigenvalue weighted by molar-refractivity contribution is -0.253. The Morgan fingerprint density at radius 2 is 1.30 bits per heavy atom. The minimum atomic E-state index is -0.652. The number of phenols is 1. The van der Waals surface area contributed by atoms with Crippen molar-refractivity contribution in [3.05, 3.63) is 304 Å². The monoisotopic (exact) mass is 1530 g/mol. The molecule has 10 aromatic rings. The molecule has 1 unspecified atom stereocenters. The van der Waals surface area contributed by atoms with Gasteiger partial charge in [-0.2, -0.15) is 15.6 Å². The molecular formula is C88H86N12O14. The van der Waals surface area contributed by atoms with Crippen molar-refractivity contribution in [2.75, 3.05) is 57.2 Å². The van der Waals surface area contributed by atoms with Gasteiger partial charge in [0.05, 0.1) is 59.5 Å². The Kier molecular flexibility index (Phi) is 27.7. The number of carbonyl (C=O) groups is 2. The highest BCUT2D eigenvalue weighted by Crippen LogP contribution is 2.31.